The van der Waals surface area contributed by atoms with Gasteiger partial charge in [-0.1, -0.05) is 0 Å². The molecule has 0 fully saturated rings. The Hall–Kier alpha value is -1.69. The van der Waals surface area contributed by atoms with Crippen molar-refractivity contribution in [3.63, 3.8) is 0 Å². The number of nitrogens with zero attached hydrogens (tertiary/aromatic N) is 1. The standard InChI is InChI=1S/C9H8FN3OS/c1-14-7-3-2-5(4-6(7)10)8-11-9(15)13-12-8/h2-4H,1H3,(H2,11,12,13,15). The number of aromatic nitrogens is 3. The number of nitrogens with one attached hydrogen (secondary N) is 2. The molecule has 0 radical (unpaired) electrons. The van der Waals surface area contributed by atoms with E-state index < -0.39 is 5.82 Å². The van der Waals surface area contributed by atoms with E-state index in [0.29, 0.717) is 16.2 Å². The zero-order valence-corrected chi connectivity index (χ0v) is 8.69. The summed E-state index contributed by atoms with van der Waals surface area (Å²) in [4.78, 5) is 3.97. The second-order valence-electron chi connectivity index (χ2n) is 2.86. The largest absolute Gasteiger partial charge is 0.494 e. The number of hydrogen-bond donors (Lipinski definition) is 2. The van der Waals surface area contributed by atoms with Crippen molar-refractivity contribution in [1.82, 2.24) is 15.2 Å². The van der Waals surface area contributed by atoms with Gasteiger partial charge in [-0.15, -0.1) is 0 Å². The maximum atomic E-state index is 13.3. The molecule has 78 valence electrons. The fourth-order valence-corrected chi connectivity index (χ4v) is 1.36. The van der Waals surface area contributed by atoms with Crippen molar-refractivity contribution < 1.29 is 9.13 Å². The van der Waals surface area contributed by atoms with Crippen LogP contribution in [0.1, 0.15) is 0 Å². The summed E-state index contributed by atoms with van der Waals surface area (Å²) in [6.45, 7) is 0. The Balaban J connectivity index is 2.46. The Morgan fingerprint density at radius 1 is 1.40 bits per heavy atom. The van der Waals surface area contributed by atoms with E-state index in [4.69, 9.17) is 17.0 Å². The van der Waals surface area contributed by atoms with Crippen LogP contribution in [-0.4, -0.2) is 22.3 Å². The molecular formula is C9H8FN3OS. The number of methoxy groups -OCH3 is 1. The molecule has 0 saturated heterocycles. The molecule has 1 aromatic carbocycles. The molecule has 0 atom stereocenters. The second-order valence-corrected chi connectivity index (χ2v) is 3.25. The van der Waals surface area contributed by atoms with Crippen molar-refractivity contribution in [3.8, 4) is 17.1 Å². The van der Waals surface area contributed by atoms with E-state index in [2.05, 4.69) is 15.2 Å². The summed E-state index contributed by atoms with van der Waals surface area (Å²) in [6.07, 6.45) is 0. The van der Waals surface area contributed by atoms with Crippen LogP contribution in [0.5, 0.6) is 5.75 Å². The first kappa shape index (κ1) is 9.85. The fourth-order valence-electron chi connectivity index (χ4n) is 1.22. The van der Waals surface area contributed by atoms with E-state index in [9.17, 15) is 4.39 Å². The van der Waals surface area contributed by atoms with Crippen LogP contribution in [0.2, 0.25) is 0 Å². The Morgan fingerprint density at radius 2 is 2.20 bits per heavy atom. The van der Waals surface area contributed by atoms with Gasteiger partial charge in [0.15, 0.2) is 17.4 Å². The average Bonchev–Trinajstić information content (AvgIpc) is 2.65. The molecule has 0 spiro atoms. The minimum atomic E-state index is -0.433. The summed E-state index contributed by atoms with van der Waals surface area (Å²) < 4.78 is 18.5. The van der Waals surface area contributed by atoms with Gasteiger partial charge in [-0.05, 0) is 30.4 Å². The van der Waals surface area contributed by atoms with Crippen molar-refractivity contribution in [2.24, 2.45) is 0 Å². The molecule has 4 nitrogen and oxygen atoms in total. The van der Waals surface area contributed by atoms with Gasteiger partial charge < -0.3 is 4.74 Å². The Kier molecular flexibility index (Phi) is 2.51. The molecular weight excluding hydrogens is 217 g/mol. The normalized spacial score (nSPS) is 10.3. The third kappa shape index (κ3) is 1.89. The number of rotatable bonds is 2. The minimum absolute atomic E-state index is 0.202. The monoisotopic (exact) mass is 225 g/mol. The number of hydrogen-bond acceptors (Lipinski definition) is 3. The van der Waals surface area contributed by atoms with Crippen molar-refractivity contribution in [3.05, 3.63) is 28.8 Å². The average molecular weight is 225 g/mol. The number of aromatic amines is 2. The predicted octanol–water partition coefficient (Wildman–Crippen LogP) is 2.28. The SMILES string of the molecule is COc1ccc(-c2nc(=S)[nH][nH]2)cc1F. The highest BCUT2D eigenvalue weighted by Gasteiger charge is 2.06. The van der Waals surface area contributed by atoms with Crippen LogP contribution in [-0.2, 0) is 0 Å². The number of halogens is 1. The zero-order chi connectivity index (χ0) is 10.8. The lowest BCUT2D eigenvalue weighted by atomic mass is 10.2. The number of benzene rings is 1. The molecule has 15 heavy (non-hydrogen) atoms. The lowest BCUT2D eigenvalue weighted by Gasteiger charge is -2.02. The van der Waals surface area contributed by atoms with Gasteiger partial charge in [0.25, 0.3) is 0 Å². The van der Waals surface area contributed by atoms with Gasteiger partial charge in [0.05, 0.1) is 7.11 Å². The summed E-state index contributed by atoms with van der Waals surface area (Å²) >= 11 is 4.80. The van der Waals surface area contributed by atoms with E-state index >= 15 is 0 Å². The van der Waals surface area contributed by atoms with Crippen LogP contribution in [0.4, 0.5) is 4.39 Å². The lowest BCUT2D eigenvalue weighted by molar-refractivity contribution is 0.386. The van der Waals surface area contributed by atoms with Gasteiger partial charge in [-0.3, -0.25) is 10.2 Å². The third-order valence-corrected chi connectivity index (χ3v) is 2.12. The molecule has 0 amide bonds. The summed E-state index contributed by atoms with van der Waals surface area (Å²) in [7, 11) is 1.42. The summed E-state index contributed by atoms with van der Waals surface area (Å²) in [5.41, 5.74) is 0.612. The van der Waals surface area contributed by atoms with Gasteiger partial charge in [0, 0.05) is 5.56 Å². The van der Waals surface area contributed by atoms with Gasteiger partial charge >= 0.3 is 0 Å². The Bertz CT molecular complexity index is 534. The first-order valence-electron chi connectivity index (χ1n) is 4.19. The number of ether oxygens (including phenoxy) is 1. The Morgan fingerprint density at radius 3 is 2.73 bits per heavy atom. The van der Waals surface area contributed by atoms with Gasteiger partial charge in [0.2, 0.25) is 4.77 Å². The first-order valence-corrected chi connectivity index (χ1v) is 4.60. The van der Waals surface area contributed by atoms with Crippen LogP contribution < -0.4 is 4.74 Å². The van der Waals surface area contributed by atoms with Gasteiger partial charge in [0.1, 0.15) is 0 Å². The fraction of sp³-hybridized carbons (Fsp3) is 0.111. The second kappa shape index (κ2) is 3.82. The smallest absolute Gasteiger partial charge is 0.213 e. The Labute approximate surface area is 90.1 Å². The maximum Gasteiger partial charge on any atom is 0.213 e. The van der Waals surface area contributed by atoms with Crippen LogP contribution in [0.15, 0.2) is 18.2 Å². The van der Waals surface area contributed by atoms with Gasteiger partial charge in [-0.2, -0.15) is 4.98 Å². The van der Waals surface area contributed by atoms with Crippen LogP contribution >= 0.6 is 12.2 Å². The van der Waals surface area contributed by atoms with Crippen molar-refractivity contribution in [2.75, 3.05) is 7.11 Å². The zero-order valence-electron chi connectivity index (χ0n) is 7.87. The number of H-pyrrole nitrogens is 2. The van der Waals surface area contributed by atoms with Crippen molar-refractivity contribution >= 4 is 12.2 Å². The minimum Gasteiger partial charge on any atom is -0.494 e. The predicted molar refractivity (Wildman–Crippen MR) is 55.7 cm³/mol. The van der Waals surface area contributed by atoms with Crippen LogP contribution in [0, 0.1) is 10.6 Å². The molecule has 1 heterocycles. The molecule has 6 heteroatoms. The molecule has 0 bridgehead atoms. The molecule has 0 aliphatic heterocycles. The van der Waals surface area contributed by atoms with Crippen LogP contribution in [0.25, 0.3) is 11.4 Å². The summed E-state index contributed by atoms with van der Waals surface area (Å²) in [6, 6.07) is 4.57. The van der Waals surface area contributed by atoms with E-state index in [1.807, 2.05) is 0 Å². The molecule has 2 aromatic rings. The summed E-state index contributed by atoms with van der Waals surface area (Å²) in [5.74, 6) is 0.270. The topological polar surface area (TPSA) is 53.7 Å². The van der Waals surface area contributed by atoms with Gasteiger partial charge in [-0.25, -0.2) is 4.39 Å². The maximum absolute atomic E-state index is 13.3. The molecule has 0 aliphatic rings. The molecule has 0 saturated carbocycles. The molecule has 0 aliphatic carbocycles. The highest BCUT2D eigenvalue weighted by Crippen LogP contribution is 2.22. The van der Waals surface area contributed by atoms with Crippen LogP contribution in [0.3, 0.4) is 0 Å². The van der Waals surface area contributed by atoms with E-state index in [1.165, 1.54) is 19.2 Å². The van der Waals surface area contributed by atoms with Crippen molar-refractivity contribution in [2.45, 2.75) is 0 Å². The molecule has 0 unspecified atom stereocenters. The van der Waals surface area contributed by atoms with Crippen molar-refractivity contribution in [1.29, 1.82) is 0 Å². The first-order chi connectivity index (χ1) is 7.20. The quantitative estimate of drug-likeness (QED) is 0.771. The molecule has 2 rings (SSSR count). The highest BCUT2D eigenvalue weighted by atomic mass is 32.1. The lowest BCUT2D eigenvalue weighted by Crippen LogP contribution is -1.89. The summed E-state index contributed by atoms with van der Waals surface area (Å²) in [5, 5.41) is 5.38. The van der Waals surface area contributed by atoms with E-state index in [1.54, 1.807) is 6.07 Å². The highest BCUT2D eigenvalue weighted by molar-refractivity contribution is 7.71. The van der Waals surface area contributed by atoms with E-state index in [0.717, 1.165) is 0 Å². The third-order valence-electron chi connectivity index (χ3n) is 1.93. The van der Waals surface area contributed by atoms with E-state index in [-0.39, 0.29) is 5.75 Å². The molecule has 1 aromatic heterocycles. The molecule has 2 N–H and O–H groups in total.